The van der Waals surface area contributed by atoms with Gasteiger partial charge in [0, 0.05) is 0 Å². The van der Waals surface area contributed by atoms with Crippen LogP contribution in [0.25, 0.3) is 0 Å². The van der Waals surface area contributed by atoms with Crippen LogP contribution >= 0.6 is 7.75 Å². The smallest absolute Gasteiger partial charge is 0.408 e. The molecule has 0 spiro atoms. The molecule has 1 N–H and O–H groups in total. The fraction of sp³-hybridized carbons (Fsp3) is 0.0769. The molecule has 0 amide bonds. The van der Waals surface area contributed by atoms with Crippen LogP contribution in [-0.2, 0) is 11.1 Å². The van der Waals surface area contributed by atoms with Crippen LogP contribution in [0, 0.1) is 4.91 Å². The Morgan fingerprint density at radius 3 is 2.10 bits per heavy atom. The summed E-state index contributed by atoms with van der Waals surface area (Å²) in [7, 11) is -4.34. The van der Waals surface area contributed by atoms with Crippen molar-refractivity contribution in [3.8, 4) is 5.75 Å². The third-order valence-corrected chi connectivity index (χ3v) is 3.77. The van der Waals surface area contributed by atoms with Crippen LogP contribution < -0.4 is 34.1 Å². The van der Waals surface area contributed by atoms with Gasteiger partial charge in [0.05, 0.1) is 11.8 Å². The molecule has 0 fully saturated rings. The summed E-state index contributed by atoms with van der Waals surface area (Å²) in [5, 5.41) is 2.60. The van der Waals surface area contributed by atoms with E-state index in [4.69, 9.17) is 4.52 Å². The second-order valence-corrected chi connectivity index (χ2v) is 5.62. The van der Waals surface area contributed by atoms with Crippen molar-refractivity contribution in [1.82, 2.24) is 4.78 Å². The predicted molar refractivity (Wildman–Crippen MR) is 74.7 cm³/mol. The van der Waals surface area contributed by atoms with Crippen LogP contribution in [0.15, 0.2) is 65.9 Å². The molecule has 21 heavy (non-hydrogen) atoms. The quantitative estimate of drug-likeness (QED) is 0.360. The van der Waals surface area contributed by atoms with E-state index in [1.54, 1.807) is 48.5 Å². The number of nitrogens with zero attached hydrogens (tertiary/aromatic N) is 2. The van der Waals surface area contributed by atoms with Gasteiger partial charge in [-0.15, -0.1) is 9.69 Å². The maximum atomic E-state index is 12.1. The van der Waals surface area contributed by atoms with Crippen LogP contribution in [0.4, 0.5) is 0 Å². The monoisotopic (exact) mass is 315 g/mol. The normalized spacial score (nSPS) is 12.6. The Labute approximate surface area is 144 Å². The van der Waals surface area contributed by atoms with Gasteiger partial charge < -0.3 is 4.52 Å². The Bertz CT molecular complexity index is 612. The van der Waals surface area contributed by atoms with E-state index in [9.17, 15) is 14.4 Å². The Morgan fingerprint density at radius 2 is 1.57 bits per heavy atom. The summed E-state index contributed by atoms with van der Waals surface area (Å²) in [5.74, 6) is 0.194. The summed E-state index contributed by atoms with van der Waals surface area (Å²) in [6.45, 7) is -0.106. The summed E-state index contributed by atoms with van der Waals surface area (Å²) in [5.41, 5.74) is 0.679. The molecule has 2 rings (SSSR count). The second-order valence-electron chi connectivity index (χ2n) is 3.99. The molecule has 0 bridgehead atoms. The summed E-state index contributed by atoms with van der Waals surface area (Å²) in [6.07, 6.45) is 0. The largest absolute Gasteiger partial charge is 1.00 e. The van der Waals surface area contributed by atoms with E-state index in [-0.39, 0.29) is 41.9 Å². The molecule has 104 valence electrons. The Hall–Kier alpha value is -1.17. The first-order chi connectivity index (χ1) is 9.62. The standard InChI is InChI=1S/C13H13N2O4P.Na/c16-14-15(11-12-7-3-1-4-8-12)20(17,18)19-13-9-5-2-6-10-13;/h1-10H,11H2,(H,17,18);/q;+1. The van der Waals surface area contributed by atoms with Crippen molar-refractivity contribution in [1.29, 1.82) is 0 Å². The fourth-order valence-electron chi connectivity index (χ4n) is 1.58. The average molecular weight is 315 g/mol. The van der Waals surface area contributed by atoms with Crippen molar-refractivity contribution in [3.63, 3.8) is 0 Å². The van der Waals surface area contributed by atoms with Gasteiger partial charge in [-0.2, -0.15) is 0 Å². The predicted octanol–water partition coefficient (Wildman–Crippen LogP) is 0.353. The van der Waals surface area contributed by atoms with Crippen LogP contribution in [0.3, 0.4) is 0 Å². The van der Waals surface area contributed by atoms with Crippen LogP contribution in [0.5, 0.6) is 5.75 Å². The van der Waals surface area contributed by atoms with E-state index in [0.717, 1.165) is 0 Å². The molecule has 1 unspecified atom stereocenters. The van der Waals surface area contributed by atoms with Gasteiger partial charge >= 0.3 is 37.3 Å². The van der Waals surface area contributed by atoms with Crippen molar-refractivity contribution in [2.75, 3.05) is 0 Å². The van der Waals surface area contributed by atoms with Gasteiger partial charge in [0.15, 0.2) is 0 Å². The summed E-state index contributed by atoms with van der Waals surface area (Å²) >= 11 is 0. The molecule has 0 saturated carbocycles. The van der Waals surface area contributed by atoms with Gasteiger partial charge in [0.25, 0.3) is 0 Å². The maximum absolute atomic E-state index is 12.1. The van der Waals surface area contributed by atoms with E-state index >= 15 is 0 Å². The van der Waals surface area contributed by atoms with Crippen molar-refractivity contribution in [3.05, 3.63) is 71.1 Å². The van der Waals surface area contributed by atoms with Crippen LogP contribution in [0.1, 0.15) is 5.56 Å². The number of hydrogen-bond donors (Lipinski definition) is 1. The van der Waals surface area contributed by atoms with E-state index in [0.29, 0.717) is 10.3 Å². The molecule has 6 nitrogen and oxygen atoms in total. The summed E-state index contributed by atoms with van der Waals surface area (Å²) < 4.78 is 17.6. The third-order valence-electron chi connectivity index (χ3n) is 2.52. The zero-order valence-electron chi connectivity index (χ0n) is 11.5. The van der Waals surface area contributed by atoms with Crippen LogP contribution in [-0.4, -0.2) is 9.67 Å². The number of benzene rings is 2. The number of rotatable bonds is 6. The Kier molecular flexibility index (Phi) is 7.08. The minimum absolute atomic E-state index is 0. The molecule has 2 aromatic carbocycles. The number of hydrogen-bond acceptors (Lipinski definition) is 4. The molecular weight excluding hydrogens is 302 g/mol. The van der Waals surface area contributed by atoms with Gasteiger partial charge in [-0.25, -0.2) is 4.57 Å². The molecule has 0 saturated heterocycles. The fourth-order valence-corrected chi connectivity index (χ4v) is 2.50. The Balaban J connectivity index is 0.00000220. The molecule has 2 aromatic rings. The topological polar surface area (TPSA) is 79.2 Å². The Morgan fingerprint density at radius 1 is 1.05 bits per heavy atom. The van der Waals surface area contributed by atoms with Crippen molar-refractivity contribution in [2.45, 2.75) is 6.54 Å². The average Bonchev–Trinajstić information content (AvgIpc) is 2.46. The molecule has 0 heterocycles. The molecule has 0 aliphatic rings. The van der Waals surface area contributed by atoms with E-state index in [2.05, 4.69) is 5.29 Å². The molecule has 0 aromatic heterocycles. The van der Waals surface area contributed by atoms with Gasteiger partial charge in [-0.05, 0) is 17.7 Å². The van der Waals surface area contributed by atoms with Crippen molar-refractivity contribution < 1.29 is 43.5 Å². The SMILES string of the molecule is O=NN(Cc1ccccc1)P(=O)(O)Oc1ccccc1.[Na+]. The van der Waals surface area contributed by atoms with E-state index in [1.807, 2.05) is 0 Å². The zero-order valence-corrected chi connectivity index (χ0v) is 14.4. The maximum Gasteiger partial charge on any atom is 1.00 e. The van der Waals surface area contributed by atoms with Gasteiger partial charge in [0.2, 0.25) is 0 Å². The molecular formula is C13H13N2NaO4P+. The first kappa shape index (κ1) is 17.9. The van der Waals surface area contributed by atoms with Crippen LogP contribution in [0.2, 0.25) is 0 Å². The number of nitroso groups, excluding NO2 is 1. The molecule has 1 atom stereocenters. The van der Waals surface area contributed by atoms with Gasteiger partial charge in [-0.3, -0.25) is 4.89 Å². The minimum Gasteiger partial charge on any atom is -0.408 e. The zero-order chi connectivity index (χ0) is 14.4. The van der Waals surface area contributed by atoms with Gasteiger partial charge in [0.1, 0.15) is 5.75 Å². The molecule has 0 aliphatic carbocycles. The first-order valence-electron chi connectivity index (χ1n) is 5.84. The molecule has 0 aliphatic heterocycles. The van der Waals surface area contributed by atoms with E-state index < -0.39 is 7.75 Å². The van der Waals surface area contributed by atoms with Gasteiger partial charge in [-0.1, -0.05) is 48.5 Å². The number of para-hydroxylation sites is 1. The molecule has 0 radical (unpaired) electrons. The summed E-state index contributed by atoms with van der Waals surface area (Å²) in [6, 6.07) is 16.9. The molecule has 8 heteroatoms. The summed E-state index contributed by atoms with van der Waals surface area (Å²) in [4.78, 5) is 20.7. The minimum atomic E-state index is -4.34. The third kappa shape index (κ3) is 5.26. The first-order valence-corrected chi connectivity index (χ1v) is 7.37. The second kappa shape index (κ2) is 8.32. The van der Waals surface area contributed by atoms with Crippen molar-refractivity contribution in [2.24, 2.45) is 5.29 Å². The van der Waals surface area contributed by atoms with E-state index in [1.165, 1.54) is 12.1 Å². The van der Waals surface area contributed by atoms with Crippen molar-refractivity contribution >= 4 is 7.75 Å².